The number of carbonyl (C=O) groups is 1. The van der Waals surface area contributed by atoms with Gasteiger partial charge in [-0.25, -0.2) is 4.31 Å². The number of nitrogens with zero attached hydrogens (tertiary/aromatic N) is 3. The van der Waals surface area contributed by atoms with Crippen LogP contribution in [0.25, 0.3) is 10.8 Å². The van der Waals surface area contributed by atoms with Crippen LogP contribution in [0.4, 0.5) is 0 Å². The molecular weight excluding hydrogens is 290 g/mol. The Morgan fingerprint density at radius 1 is 1.24 bits per heavy atom. The highest BCUT2D eigenvalue weighted by Gasteiger charge is 2.45. The number of fused-ring (bicyclic) bond motifs is 1. The second kappa shape index (κ2) is 4.78. The quantitative estimate of drug-likeness (QED) is 0.834. The molecule has 1 fully saturated rings. The predicted octanol–water partition coefficient (Wildman–Crippen LogP) is 1.14. The van der Waals surface area contributed by atoms with Crippen molar-refractivity contribution >= 4 is 26.9 Å². The molecule has 1 atom stereocenters. The van der Waals surface area contributed by atoms with Crippen LogP contribution in [-0.2, 0) is 21.5 Å². The third-order valence-corrected chi connectivity index (χ3v) is 5.70. The van der Waals surface area contributed by atoms with E-state index in [0.717, 1.165) is 20.6 Å². The molecule has 2 aromatic rings. The molecule has 21 heavy (non-hydrogen) atoms. The molecule has 0 radical (unpaired) electrons. The van der Waals surface area contributed by atoms with Gasteiger partial charge in [0.1, 0.15) is 6.04 Å². The molecule has 1 unspecified atom stereocenters. The van der Waals surface area contributed by atoms with Crippen molar-refractivity contribution in [3.05, 3.63) is 42.2 Å². The third kappa shape index (κ3) is 2.18. The Labute approximate surface area is 123 Å². The van der Waals surface area contributed by atoms with Gasteiger partial charge in [-0.3, -0.25) is 9.78 Å². The molecule has 6 nitrogen and oxygen atoms in total. The molecule has 0 aliphatic carbocycles. The smallest absolute Gasteiger partial charge is 0.272 e. The first-order valence-corrected chi connectivity index (χ1v) is 7.93. The zero-order valence-electron chi connectivity index (χ0n) is 11.7. The second-order valence-corrected chi connectivity index (χ2v) is 7.00. The Morgan fingerprint density at radius 3 is 2.67 bits per heavy atom. The summed E-state index contributed by atoms with van der Waals surface area (Å²) in [6, 6.07) is 6.87. The van der Waals surface area contributed by atoms with Crippen LogP contribution >= 0.6 is 0 Å². The Kier molecular flexibility index (Phi) is 3.18. The molecule has 7 heteroatoms. The lowest BCUT2D eigenvalue weighted by Crippen LogP contribution is -2.33. The normalized spacial score (nSPS) is 22.1. The Bertz CT molecular complexity index is 819. The van der Waals surface area contributed by atoms with E-state index in [1.807, 2.05) is 24.3 Å². The van der Waals surface area contributed by atoms with Crippen molar-refractivity contribution in [3.8, 4) is 0 Å². The molecule has 3 rings (SSSR count). The van der Waals surface area contributed by atoms with Gasteiger partial charge in [-0.05, 0) is 30.0 Å². The van der Waals surface area contributed by atoms with Crippen LogP contribution in [-0.4, -0.2) is 41.0 Å². The highest BCUT2D eigenvalue weighted by Crippen LogP contribution is 2.25. The molecule has 1 aromatic heterocycles. The zero-order valence-corrected chi connectivity index (χ0v) is 12.5. The van der Waals surface area contributed by atoms with Crippen LogP contribution < -0.4 is 0 Å². The highest BCUT2D eigenvalue weighted by molar-refractivity contribution is 7.87. The van der Waals surface area contributed by atoms with Crippen LogP contribution in [0.3, 0.4) is 0 Å². The number of hydrogen-bond donors (Lipinski definition) is 0. The Balaban J connectivity index is 1.96. The van der Waals surface area contributed by atoms with Crippen molar-refractivity contribution < 1.29 is 13.2 Å². The molecule has 1 aliphatic heterocycles. The molecule has 0 bridgehead atoms. The van der Waals surface area contributed by atoms with Crippen molar-refractivity contribution in [1.29, 1.82) is 0 Å². The summed E-state index contributed by atoms with van der Waals surface area (Å²) in [7, 11) is -2.42. The largest absolute Gasteiger partial charge is 0.307 e. The van der Waals surface area contributed by atoms with Gasteiger partial charge in [-0.15, -0.1) is 0 Å². The first-order chi connectivity index (χ1) is 9.91. The van der Waals surface area contributed by atoms with Crippen LogP contribution in [0, 0.1) is 0 Å². The summed E-state index contributed by atoms with van der Waals surface area (Å²) in [4.78, 5) is 15.9. The van der Waals surface area contributed by atoms with E-state index in [-0.39, 0.29) is 6.54 Å². The van der Waals surface area contributed by atoms with E-state index in [2.05, 4.69) is 4.98 Å². The molecule has 0 N–H and O–H groups in total. The van der Waals surface area contributed by atoms with Crippen LogP contribution in [0.1, 0.15) is 12.5 Å². The summed E-state index contributed by atoms with van der Waals surface area (Å²) in [5.41, 5.74) is 0.840. The lowest BCUT2D eigenvalue weighted by molar-refractivity contribution is -0.126. The number of hydrogen-bond acceptors (Lipinski definition) is 4. The van der Waals surface area contributed by atoms with E-state index in [4.69, 9.17) is 0 Å². The van der Waals surface area contributed by atoms with E-state index in [0.29, 0.717) is 0 Å². The van der Waals surface area contributed by atoms with Gasteiger partial charge in [-0.2, -0.15) is 12.7 Å². The molecule has 1 saturated heterocycles. The maximum atomic E-state index is 12.2. The summed E-state index contributed by atoms with van der Waals surface area (Å²) in [5.74, 6) is -0.403. The second-order valence-electron chi connectivity index (χ2n) is 5.09. The lowest BCUT2D eigenvalue weighted by atomic mass is 10.1. The number of pyridine rings is 1. The number of carbonyl (C=O) groups excluding carboxylic acids is 1. The molecule has 1 aliphatic rings. The van der Waals surface area contributed by atoms with E-state index in [9.17, 15) is 13.2 Å². The first kappa shape index (κ1) is 14.0. The average molecular weight is 305 g/mol. The lowest BCUT2D eigenvalue weighted by Gasteiger charge is -2.18. The Morgan fingerprint density at radius 2 is 2.00 bits per heavy atom. The molecular formula is C14H15N3O3S. The van der Waals surface area contributed by atoms with Crippen molar-refractivity contribution in [2.75, 3.05) is 7.05 Å². The predicted molar refractivity (Wildman–Crippen MR) is 78.4 cm³/mol. The minimum absolute atomic E-state index is 0.178. The van der Waals surface area contributed by atoms with Gasteiger partial charge < -0.3 is 0 Å². The van der Waals surface area contributed by atoms with Crippen molar-refractivity contribution in [2.45, 2.75) is 19.5 Å². The van der Waals surface area contributed by atoms with E-state index < -0.39 is 22.2 Å². The minimum atomic E-state index is -3.71. The molecule has 1 amide bonds. The minimum Gasteiger partial charge on any atom is -0.272 e. The van der Waals surface area contributed by atoms with E-state index in [1.54, 1.807) is 19.3 Å². The molecule has 0 saturated carbocycles. The number of amides is 1. The summed E-state index contributed by atoms with van der Waals surface area (Å²) in [6.07, 6.45) is 3.45. The van der Waals surface area contributed by atoms with Gasteiger partial charge in [-0.1, -0.05) is 12.1 Å². The molecule has 1 aromatic carbocycles. The van der Waals surface area contributed by atoms with Crippen LogP contribution in [0.15, 0.2) is 36.7 Å². The summed E-state index contributed by atoms with van der Waals surface area (Å²) in [6.45, 7) is 1.78. The molecule has 110 valence electrons. The maximum absolute atomic E-state index is 12.2. The standard InChI is InChI=1S/C14H15N3O3S/c1-10-14(18)16(2)21(19,20)17(10)9-11-3-4-13-8-15-6-5-12(13)7-11/h3-8,10H,9H2,1-2H3. The summed E-state index contributed by atoms with van der Waals surface area (Å²) in [5, 5.41) is 1.98. The van der Waals surface area contributed by atoms with E-state index in [1.165, 1.54) is 11.4 Å². The summed E-state index contributed by atoms with van der Waals surface area (Å²) >= 11 is 0. The first-order valence-electron chi connectivity index (χ1n) is 6.53. The van der Waals surface area contributed by atoms with Crippen LogP contribution in [0.2, 0.25) is 0 Å². The zero-order chi connectivity index (χ0) is 15.2. The number of benzene rings is 1. The monoisotopic (exact) mass is 305 g/mol. The van der Waals surface area contributed by atoms with Gasteiger partial charge in [0.05, 0.1) is 0 Å². The average Bonchev–Trinajstić information content (AvgIpc) is 2.62. The summed E-state index contributed by atoms with van der Waals surface area (Å²) < 4.78 is 26.4. The van der Waals surface area contributed by atoms with Gasteiger partial charge >= 0.3 is 10.2 Å². The third-order valence-electron chi connectivity index (χ3n) is 3.79. The number of rotatable bonds is 2. The fraction of sp³-hybridized carbons (Fsp3) is 0.286. The van der Waals surface area contributed by atoms with Crippen molar-refractivity contribution in [1.82, 2.24) is 13.6 Å². The van der Waals surface area contributed by atoms with Crippen molar-refractivity contribution in [3.63, 3.8) is 0 Å². The Hall–Kier alpha value is -1.99. The van der Waals surface area contributed by atoms with Gasteiger partial charge in [0, 0.05) is 31.4 Å². The van der Waals surface area contributed by atoms with E-state index >= 15 is 0 Å². The fourth-order valence-electron chi connectivity index (χ4n) is 2.49. The van der Waals surface area contributed by atoms with Crippen molar-refractivity contribution in [2.24, 2.45) is 0 Å². The molecule has 2 heterocycles. The van der Waals surface area contributed by atoms with Gasteiger partial charge in [0.15, 0.2) is 0 Å². The number of aromatic nitrogens is 1. The van der Waals surface area contributed by atoms with Gasteiger partial charge in [0.25, 0.3) is 5.91 Å². The highest BCUT2D eigenvalue weighted by atomic mass is 32.2. The van der Waals surface area contributed by atoms with Gasteiger partial charge in [0.2, 0.25) is 0 Å². The molecule has 0 spiro atoms. The SMILES string of the molecule is CC1C(=O)N(C)S(=O)(=O)N1Cc1ccc2cnccc2c1. The maximum Gasteiger partial charge on any atom is 0.307 e. The number of likely N-dealkylation sites (N-methyl/N-ethyl adjacent to an activating group) is 1. The van der Waals surface area contributed by atoms with Crippen LogP contribution in [0.5, 0.6) is 0 Å². The fourth-order valence-corrected chi connectivity index (χ4v) is 3.98. The topological polar surface area (TPSA) is 70.6 Å².